The van der Waals surface area contributed by atoms with E-state index in [2.05, 4.69) is 25.1 Å². The summed E-state index contributed by atoms with van der Waals surface area (Å²) >= 11 is 0. The SMILES string of the molecule is COc1c(C)cc(C)cc1CN(C)C(C)C#N. The van der Waals surface area contributed by atoms with Crippen LogP contribution >= 0.6 is 0 Å². The second-order valence-corrected chi connectivity index (χ2v) is 4.49. The first-order valence-corrected chi connectivity index (χ1v) is 5.73. The molecule has 0 N–H and O–H groups in total. The predicted molar refractivity (Wildman–Crippen MR) is 69.0 cm³/mol. The average molecular weight is 232 g/mol. The summed E-state index contributed by atoms with van der Waals surface area (Å²) in [7, 11) is 3.64. The van der Waals surface area contributed by atoms with Crippen LogP contribution in [-0.4, -0.2) is 25.1 Å². The highest BCUT2D eigenvalue weighted by atomic mass is 16.5. The fourth-order valence-corrected chi connectivity index (χ4v) is 1.96. The molecule has 3 heteroatoms. The van der Waals surface area contributed by atoms with Gasteiger partial charge in [0.15, 0.2) is 0 Å². The number of benzene rings is 1. The lowest BCUT2D eigenvalue weighted by molar-refractivity contribution is 0.287. The Morgan fingerprint density at radius 1 is 1.41 bits per heavy atom. The normalized spacial score (nSPS) is 12.3. The maximum absolute atomic E-state index is 8.90. The molecule has 0 aliphatic rings. The Morgan fingerprint density at radius 3 is 2.59 bits per heavy atom. The topological polar surface area (TPSA) is 36.3 Å². The van der Waals surface area contributed by atoms with Crippen LogP contribution in [0.3, 0.4) is 0 Å². The minimum atomic E-state index is -0.0967. The molecule has 0 saturated carbocycles. The van der Waals surface area contributed by atoms with Gasteiger partial charge >= 0.3 is 0 Å². The van der Waals surface area contributed by atoms with Crippen LogP contribution in [0.1, 0.15) is 23.6 Å². The van der Waals surface area contributed by atoms with Crippen molar-refractivity contribution in [2.45, 2.75) is 33.4 Å². The van der Waals surface area contributed by atoms with Crippen LogP contribution in [0.15, 0.2) is 12.1 Å². The van der Waals surface area contributed by atoms with E-state index in [-0.39, 0.29) is 6.04 Å². The first-order valence-electron chi connectivity index (χ1n) is 5.73. The molecule has 0 aliphatic carbocycles. The molecule has 92 valence electrons. The fraction of sp³-hybridized carbons (Fsp3) is 0.500. The molecule has 0 fully saturated rings. The van der Waals surface area contributed by atoms with Crippen molar-refractivity contribution in [3.8, 4) is 11.8 Å². The smallest absolute Gasteiger partial charge is 0.126 e. The highest BCUT2D eigenvalue weighted by molar-refractivity contribution is 5.43. The van der Waals surface area contributed by atoms with E-state index in [1.165, 1.54) is 5.56 Å². The maximum Gasteiger partial charge on any atom is 0.126 e. The molecule has 1 atom stereocenters. The Kier molecular flexibility index (Phi) is 4.53. The summed E-state index contributed by atoms with van der Waals surface area (Å²) < 4.78 is 5.44. The minimum absolute atomic E-state index is 0.0967. The molecule has 0 heterocycles. The Bertz CT molecular complexity index is 435. The molecule has 0 radical (unpaired) electrons. The Labute approximate surface area is 104 Å². The van der Waals surface area contributed by atoms with Crippen LogP contribution in [0.4, 0.5) is 0 Å². The van der Waals surface area contributed by atoms with Gasteiger partial charge < -0.3 is 4.74 Å². The van der Waals surface area contributed by atoms with Gasteiger partial charge in [-0.05, 0) is 33.4 Å². The molecular weight excluding hydrogens is 212 g/mol. The number of aryl methyl sites for hydroxylation is 2. The van der Waals surface area contributed by atoms with Gasteiger partial charge in [-0.15, -0.1) is 0 Å². The van der Waals surface area contributed by atoms with Crippen molar-refractivity contribution in [3.05, 3.63) is 28.8 Å². The molecule has 1 rings (SSSR count). The van der Waals surface area contributed by atoms with Crippen molar-refractivity contribution >= 4 is 0 Å². The van der Waals surface area contributed by atoms with Gasteiger partial charge in [-0.25, -0.2) is 0 Å². The summed E-state index contributed by atoms with van der Waals surface area (Å²) in [5.74, 6) is 0.924. The molecule has 0 aliphatic heterocycles. The zero-order valence-corrected chi connectivity index (χ0v) is 11.2. The lowest BCUT2D eigenvalue weighted by Gasteiger charge is -2.21. The standard InChI is InChI=1S/C14H20N2O/c1-10-6-11(2)14(17-5)13(7-10)9-16(4)12(3)8-15/h6-7,12H,9H2,1-5H3. The number of methoxy groups -OCH3 is 1. The van der Waals surface area contributed by atoms with Gasteiger partial charge in [0.25, 0.3) is 0 Å². The average Bonchev–Trinajstić information content (AvgIpc) is 2.27. The molecule has 3 nitrogen and oxygen atoms in total. The second kappa shape index (κ2) is 5.70. The van der Waals surface area contributed by atoms with Crippen LogP contribution in [-0.2, 0) is 6.54 Å². The number of nitriles is 1. The highest BCUT2D eigenvalue weighted by Gasteiger charge is 2.13. The Morgan fingerprint density at radius 2 is 2.06 bits per heavy atom. The number of hydrogen-bond donors (Lipinski definition) is 0. The monoisotopic (exact) mass is 232 g/mol. The van der Waals surface area contributed by atoms with Gasteiger partial charge in [-0.1, -0.05) is 17.7 Å². The van der Waals surface area contributed by atoms with E-state index in [9.17, 15) is 0 Å². The van der Waals surface area contributed by atoms with E-state index >= 15 is 0 Å². The summed E-state index contributed by atoms with van der Waals surface area (Å²) in [6.07, 6.45) is 0. The first-order chi connectivity index (χ1) is 7.99. The van der Waals surface area contributed by atoms with Crippen LogP contribution < -0.4 is 4.74 Å². The van der Waals surface area contributed by atoms with E-state index in [4.69, 9.17) is 10.00 Å². The van der Waals surface area contributed by atoms with Crippen LogP contribution in [0.25, 0.3) is 0 Å². The Balaban J connectivity index is 3.02. The summed E-state index contributed by atoms with van der Waals surface area (Å²) in [5.41, 5.74) is 3.49. The van der Waals surface area contributed by atoms with Crippen LogP contribution in [0.5, 0.6) is 5.75 Å². The summed E-state index contributed by atoms with van der Waals surface area (Å²) in [6, 6.07) is 6.36. The van der Waals surface area contributed by atoms with Crippen LogP contribution in [0, 0.1) is 25.2 Å². The van der Waals surface area contributed by atoms with E-state index in [1.54, 1.807) is 7.11 Å². The molecule has 1 aromatic rings. The third-order valence-corrected chi connectivity index (χ3v) is 2.97. The van der Waals surface area contributed by atoms with Crippen molar-refractivity contribution in [2.24, 2.45) is 0 Å². The second-order valence-electron chi connectivity index (χ2n) is 4.49. The molecule has 1 unspecified atom stereocenters. The van der Waals surface area contributed by atoms with Gasteiger partial charge in [-0.3, -0.25) is 4.90 Å². The molecule has 0 bridgehead atoms. The number of rotatable bonds is 4. The molecule has 1 aromatic carbocycles. The van der Waals surface area contributed by atoms with Gasteiger partial charge in [0, 0.05) is 12.1 Å². The van der Waals surface area contributed by atoms with Crippen molar-refractivity contribution in [3.63, 3.8) is 0 Å². The number of ether oxygens (including phenoxy) is 1. The zero-order valence-electron chi connectivity index (χ0n) is 11.2. The van der Waals surface area contributed by atoms with Crippen molar-refractivity contribution in [1.82, 2.24) is 4.90 Å². The predicted octanol–water partition coefficient (Wildman–Crippen LogP) is 2.66. The Hall–Kier alpha value is -1.53. The lowest BCUT2D eigenvalue weighted by atomic mass is 10.0. The van der Waals surface area contributed by atoms with Crippen molar-refractivity contribution in [1.29, 1.82) is 5.26 Å². The van der Waals surface area contributed by atoms with E-state index in [0.717, 1.165) is 23.4 Å². The van der Waals surface area contributed by atoms with Crippen LogP contribution in [0.2, 0.25) is 0 Å². The van der Waals surface area contributed by atoms with Gasteiger partial charge in [-0.2, -0.15) is 5.26 Å². The third-order valence-electron chi connectivity index (χ3n) is 2.97. The zero-order chi connectivity index (χ0) is 13.0. The number of hydrogen-bond acceptors (Lipinski definition) is 3. The maximum atomic E-state index is 8.90. The quantitative estimate of drug-likeness (QED) is 0.800. The number of nitrogens with zero attached hydrogens (tertiary/aromatic N) is 2. The van der Waals surface area contributed by atoms with E-state index in [1.807, 2.05) is 25.8 Å². The summed E-state index contributed by atoms with van der Waals surface area (Å²) in [5, 5.41) is 8.90. The largest absolute Gasteiger partial charge is 0.496 e. The van der Waals surface area contributed by atoms with Crippen molar-refractivity contribution < 1.29 is 4.74 Å². The lowest BCUT2D eigenvalue weighted by Crippen LogP contribution is -2.27. The molecule has 17 heavy (non-hydrogen) atoms. The van der Waals surface area contributed by atoms with Gasteiger partial charge in [0.1, 0.15) is 5.75 Å². The molecule has 0 spiro atoms. The van der Waals surface area contributed by atoms with Crippen molar-refractivity contribution in [2.75, 3.05) is 14.2 Å². The first kappa shape index (κ1) is 13.5. The highest BCUT2D eigenvalue weighted by Crippen LogP contribution is 2.26. The van der Waals surface area contributed by atoms with E-state index in [0.29, 0.717) is 0 Å². The molecular formula is C14H20N2O. The fourth-order valence-electron chi connectivity index (χ4n) is 1.96. The third kappa shape index (κ3) is 3.21. The van der Waals surface area contributed by atoms with Gasteiger partial charge in [0.2, 0.25) is 0 Å². The summed E-state index contributed by atoms with van der Waals surface area (Å²) in [4.78, 5) is 2.01. The molecule has 0 aromatic heterocycles. The van der Waals surface area contributed by atoms with Gasteiger partial charge in [0.05, 0.1) is 19.2 Å². The minimum Gasteiger partial charge on any atom is -0.496 e. The summed E-state index contributed by atoms with van der Waals surface area (Å²) in [6.45, 7) is 6.74. The molecule has 0 saturated heterocycles. The molecule has 0 amide bonds. The van der Waals surface area contributed by atoms with E-state index < -0.39 is 0 Å².